The Morgan fingerprint density at radius 1 is 0.861 bits per heavy atom. The van der Waals surface area contributed by atoms with Crippen molar-refractivity contribution >= 4 is 17.3 Å². The van der Waals surface area contributed by atoms with Gasteiger partial charge in [0.1, 0.15) is 5.82 Å². The van der Waals surface area contributed by atoms with Gasteiger partial charge in [-0.1, -0.05) is 42.5 Å². The Bertz CT molecular complexity index is 1290. The first-order valence-electron chi connectivity index (χ1n) is 13.4. The molecule has 3 aromatic rings. The Labute approximate surface area is 212 Å². The van der Waals surface area contributed by atoms with E-state index in [1.165, 1.54) is 42.1 Å². The van der Waals surface area contributed by atoms with E-state index in [1.54, 1.807) is 6.07 Å². The summed E-state index contributed by atoms with van der Waals surface area (Å²) < 4.78 is 14.2. The van der Waals surface area contributed by atoms with Gasteiger partial charge < -0.3 is 15.1 Å². The number of carbonyl (C=O) groups is 1. The van der Waals surface area contributed by atoms with E-state index >= 15 is 0 Å². The van der Waals surface area contributed by atoms with Crippen LogP contribution in [0.2, 0.25) is 0 Å². The molecule has 4 nitrogen and oxygen atoms in total. The third-order valence-corrected chi connectivity index (χ3v) is 9.25. The zero-order valence-electron chi connectivity index (χ0n) is 20.4. The third kappa shape index (κ3) is 3.51. The molecule has 2 bridgehead atoms. The zero-order valence-corrected chi connectivity index (χ0v) is 20.4. The number of para-hydroxylation sites is 1. The molecule has 184 valence electrons. The van der Waals surface area contributed by atoms with Crippen molar-refractivity contribution in [3.8, 4) is 0 Å². The number of halogens is 1. The third-order valence-electron chi connectivity index (χ3n) is 9.25. The monoisotopic (exact) mass is 481 g/mol. The van der Waals surface area contributed by atoms with Crippen LogP contribution in [0.15, 0.2) is 72.8 Å². The summed E-state index contributed by atoms with van der Waals surface area (Å²) in [4.78, 5) is 17.5. The number of benzene rings is 3. The quantitative estimate of drug-likeness (QED) is 0.492. The van der Waals surface area contributed by atoms with Crippen molar-refractivity contribution < 1.29 is 9.18 Å². The highest BCUT2D eigenvalue weighted by Gasteiger charge is 2.53. The fraction of sp³-hybridized carbons (Fsp3) is 0.387. The number of anilines is 2. The number of nitrogens with zero attached hydrogens (tertiary/aromatic N) is 2. The highest BCUT2D eigenvalue weighted by atomic mass is 19.1. The van der Waals surface area contributed by atoms with E-state index in [0.29, 0.717) is 49.7 Å². The fourth-order valence-corrected chi connectivity index (χ4v) is 7.65. The van der Waals surface area contributed by atoms with Crippen molar-refractivity contribution in [2.45, 2.75) is 31.2 Å². The molecule has 7 rings (SSSR count). The van der Waals surface area contributed by atoms with Crippen LogP contribution in [0.3, 0.4) is 0 Å². The molecule has 2 aliphatic heterocycles. The van der Waals surface area contributed by atoms with Crippen LogP contribution in [0, 0.1) is 23.6 Å². The average molecular weight is 482 g/mol. The van der Waals surface area contributed by atoms with Crippen molar-refractivity contribution in [2.75, 3.05) is 36.4 Å². The number of nitrogens with one attached hydrogen (secondary N) is 1. The molecule has 0 aromatic heterocycles. The Kier molecular flexibility index (Phi) is 5.26. The first-order valence-corrected chi connectivity index (χ1v) is 13.4. The summed E-state index contributed by atoms with van der Waals surface area (Å²) >= 11 is 0. The Morgan fingerprint density at radius 2 is 1.61 bits per heavy atom. The maximum atomic E-state index is 14.2. The molecular formula is C31H32FN3O. The minimum absolute atomic E-state index is 0.0934. The number of rotatable bonds is 3. The lowest BCUT2D eigenvalue weighted by Gasteiger charge is -2.44. The van der Waals surface area contributed by atoms with Gasteiger partial charge in [-0.05, 0) is 84.4 Å². The van der Waals surface area contributed by atoms with Crippen molar-refractivity contribution in [1.29, 1.82) is 0 Å². The molecule has 4 aliphatic rings. The van der Waals surface area contributed by atoms with Gasteiger partial charge in [0, 0.05) is 37.4 Å². The molecule has 1 amide bonds. The normalized spacial score (nSPS) is 28.4. The minimum Gasteiger partial charge on any atom is -0.378 e. The van der Waals surface area contributed by atoms with Gasteiger partial charge in [0.2, 0.25) is 0 Å². The van der Waals surface area contributed by atoms with Crippen molar-refractivity contribution in [2.24, 2.45) is 17.8 Å². The zero-order chi connectivity index (χ0) is 24.2. The van der Waals surface area contributed by atoms with Gasteiger partial charge in [0.25, 0.3) is 5.91 Å². The van der Waals surface area contributed by atoms with Crippen LogP contribution in [-0.2, 0) is 0 Å². The summed E-state index contributed by atoms with van der Waals surface area (Å²) in [7, 11) is 0. The van der Waals surface area contributed by atoms with E-state index in [0.717, 1.165) is 17.4 Å². The second kappa shape index (κ2) is 8.65. The number of hydrogen-bond donors (Lipinski definition) is 1. The van der Waals surface area contributed by atoms with Gasteiger partial charge in [-0.25, -0.2) is 4.39 Å². The summed E-state index contributed by atoms with van der Waals surface area (Å²) in [5, 5.41) is 3.88. The van der Waals surface area contributed by atoms with Gasteiger partial charge in [-0.3, -0.25) is 4.79 Å². The average Bonchev–Trinajstić information content (AvgIpc) is 3.56. The molecule has 0 radical (unpaired) electrons. The first-order chi connectivity index (χ1) is 17.7. The fourth-order valence-electron chi connectivity index (χ4n) is 7.65. The van der Waals surface area contributed by atoms with Gasteiger partial charge in [-0.15, -0.1) is 0 Å². The van der Waals surface area contributed by atoms with Crippen molar-refractivity contribution in [1.82, 2.24) is 4.90 Å². The molecule has 1 saturated heterocycles. The second-order valence-corrected chi connectivity index (χ2v) is 11.0. The maximum Gasteiger partial charge on any atom is 0.253 e. The van der Waals surface area contributed by atoms with E-state index < -0.39 is 0 Å². The molecule has 5 atom stereocenters. The number of carbonyl (C=O) groups excluding carboxylic acids is 1. The number of hydrogen-bond acceptors (Lipinski definition) is 3. The summed E-state index contributed by atoms with van der Waals surface area (Å²) in [6, 6.07) is 24.4. The molecule has 2 heterocycles. The van der Waals surface area contributed by atoms with Crippen LogP contribution in [0.1, 0.15) is 52.7 Å². The Balaban J connectivity index is 1.14. The summed E-state index contributed by atoms with van der Waals surface area (Å²) in [5.41, 5.74) is 5.32. The van der Waals surface area contributed by atoms with E-state index in [-0.39, 0.29) is 11.7 Å². The lowest BCUT2D eigenvalue weighted by Crippen LogP contribution is -2.49. The summed E-state index contributed by atoms with van der Waals surface area (Å²) in [6.07, 6.45) is 3.95. The van der Waals surface area contributed by atoms with Gasteiger partial charge in [0.05, 0.1) is 11.7 Å². The number of amides is 1. The lowest BCUT2D eigenvalue weighted by atomic mass is 9.68. The maximum absolute atomic E-state index is 14.2. The molecule has 0 unspecified atom stereocenters. The van der Waals surface area contributed by atoms with Crippen LogP contribution in [-0.4, -0.2) is 37.0 Å². The molecule has 3 fully saturated rings. The van der Waals surface area contributed by atoms with E-state index in [2.05, 4.69) is 47.8 Å². The van der Waals surface area contributed by atoms with Crippen LogP contribution >= 0.6 is 0 Å². The van der Waals surface area contributed by atoms with Gasteiger partial charge >= 0.3 is 0 Å². The predicted octanol–water partition coefficient (Wildman–Crippen LogP) is 6.08. The smallest absolute Gasteiger partial charge is 0.253 e. The molecule has 2 aliphatic carbocycles. The standard InChI is InChI=1S/C31H32FN3O/c32-25-8-4-5-9-27(25)34-14-16-35(17-15-34)31(36)23-12-13-26-24(19-23)28-21-10-11-22(18-21)29(28)30(33-26)20-6-2-1-3-7-20/h1-9,12-13,19,21-22,28-30,33H,10-11,14-18H2/t21-,22-,28+,29-,30+/m0/s1. The number of fused-ring (bicyclic) bond motifs is 7. The predicted molar refractivity (Wildman–Crippen MR) is 141 cm³/mol. The van der Waals surface area contributed by atoms with Crippen molar-refractivity contribution in [3.05, 3.63) is 95.3 Å². The summed E-state index contributed by atoms with van der Waals surface area (Å²) in [6.45, 7) is 2.50. The molecule has 2 saturated carbocycles. The van der Waals surface area contributed by atoms with Crippen LogP contribution < -0.4 is 10.2 Å². The van der Waals surface area contributed by atoms with E-state index in [4.69, 9.17) is 0 Å². The number of piperazine rings is 1. The highest BCUT2D eigenvalue weighted by molar-refractivity contribution is 5.95. The van der Waals surface area contributed by atoms with Crippen LogP contribution in [0.25, 0.3) is 0 Å². The largest absolute Gasteiger partial charge is 0.378 e. The van der Waals surface area contributed by atoms with E-state index in [9.17, 15) is 9.18 Å². The first kappa shape index (κ1) is 21.9. The molecule has 36 heavy (non-hydrogen) atoms. The van der Waals surface area contributed by atoms with Crippen molar-refractivity contribution in [3.63, 3.8) is 0 Å². The second-order valence-electron chi connectivity index (χ2n) is 11.0. The van der Waals surface area contributed by atoms with Crippen LogP contribution in [0.4, 0.5) is 15.8 Å². The lowest BCUT2D eigenvalue weighted by molar-refractivity contribution is 0.0746. The molecule has 1 N–H and O–H groups in total. The SMILES string of the molecule is O=C(c1ccc2c(c1)[C@H]1[C@H]3CC[C@@H](C3)[C@@H]1[C@@H](c1ccccc1)N2)N1CCN(c2ccccc2F)CC1. The molecule has 5 heteroatoms. The molecule has 0 spiro atoms. The Morgan fingerprint density at radius 3 is 2.42 bits per heavy atom. The minimum atomic E-state index is -0.200. The van der Waals surface area contributed by atoms with Gasteiger partial charge in [-0.2, -0.15) is 0 Å². The topological polar surface area (TPSA) is 35.6 Å². The molecular weight excluding hydrogens is 449 g/mol. The highest BCUT2D eigenvalue weighted by Crippen LogP contribution is 2.63. The summed E-state index contributed by atoms with van der Waals surface area (Å²) in [5.74, 6) is 2.49. The molecule has 3 aromatic carbocycles. The van der Waals surface area contributed by atoms with E-state index in [1.807, 2.05) is 28.0 Å². The van der Waals surface area contributed by atoms with Gasteiger partial charge in [0.15, 0.2) is 0 Å². The Hall–Kier alpha value is -3.34. The van der Waals surface area contributed by atoms with Crippen LogP contribution in [0.5, 0.6) is 0 Å².